The average Bonchev–Trinajstić information content (AvgIpc) is 3.21. The van der Waals surface area contributed by atoms with Gasteiger partial charge in [0.25, 0.3) is 0 Å². The summed E-state index contributed by atoms with van der Waals surface area (Å²) >= 11 is 0. The van der Waals surface area contributed by atoms with Crippen LogP contribution in [0.25, 0.3) is 0 Å². The van der Waals surface area contributed by atoms with Gasteiger partial charge in [-0.3, -0.25) is 9.78 Å². The quantitative estimate of drug-likeness (QED) is 0.773. The molecule has 5 heteroatoms. The molecule has 0 spiro atoms. The summed E-state index contributed by atoms with van der Waals surface area (Å²) < 4.78 is 14.4. The van der Waals surface area contributed by atoms with Gasteiger partial charge < -0.3 is 9.80 Å². The Kier molecular flexibility index (Phi) is 4.76. The van der Waals surface area contributed by atoms with E-state index in [1.54, 1.807) is 12.3 Å². The molecule has 0 N–H and O–H groups in total. The van der Waals surface area contributed by atoms with Crippen LogP contribution in [0.15, 0.2) is 48.8 Å². The van der Waals surface area contributed by atoms with Crippen molar-refractivity contribution in [2.24, 2.45) is 17.3 Å². The van der Waals surface area contributed by atoms with E-state index in [4.69, 9.17) is 0 Å². The zero-order chi connectivity index (χ0) is 19.8. The minimum Gasteiger partial charge on any atom is -0.368 e. The molecule has 1 saturated carbocycles. The van der Waals surface area contributed by atoms with E-state index in [1.165, 1.54) is 18.2 Å². The van der Waals surface area contributed by atoms with Gasteiger partial charge >= 0.3 is 0 Å². The number of likely N-dealkylation sites (tertiary alicyclic amines) is 1. The van der Waals surface area contributed by atoms with Crippen LogP contribution in [0.4, 0.5) is 10.1 Å². The highest BCUT2D eigenvalue weighted by Gasteiger charge is 2.54. The van der Waals surface area contributed by atoms with E-state index in [-0.39, 0.29) is 17.2 Å². The Labute approximate surface area is 171 Å². The van der Waals surface area contributed by atoms with Crippen LogP contribution in [-0.2, 0) is 11.2 Å². The normalized spacial score (nSPS) is 26.4. The molecule has 2 atom stereocenters. The van der Waals surface area contributed by atoms with Crippen molar-refractivity contribution < 1.29 is 9.18 Å². The predicted molar refractivity (Wildman–Crippen MR) is 111 cm³/mol. The summed E-state index contributed by atoms with van der Waals surface area (Å²) in [5.41, 5.74) is 2.01. The summed E-state index contributed by atoms with van der Waals surface area (Å²) in [6.45, 7) is 3.24. The Bertz CT molecular complexity index is 885. The number of carbonyl (C=O) groups excluding carboxylic acids is 1. The maximum atomic E-state index is 14.4. The maximum Gasteiger partial charge on any atom is 0.225 e. The van der Waals surface area contributed by atoms with Gasteiger partial charge in [0.05, 0.1) is 11.9 Å². The first-order chi connectivity index (χ1) is 14.1. The van der Waals surface area contributed by atoms with E-state index in [0.29, 0.717) is 17.5 Å². The van der Waals surface area contributed by atoms with Crippen LogP contribution in [0.5, 0.6) is 0 Å². The Morgan fingerprint density at radius 1 is 1.14 bits per heavy atom. The molecule has 2 aromatic rings. The molecule has 2 unspecified atom stereocenters. The summed E-state index contributed by atoms with van der Waals surface area (Å²) in [4.78, 5) is 21.1. The SMILES string of the molecule is O=C(C1CCC1)N1CC2CN(c3ccncc3F)CC2(CCc2ccccc2)C1. The molecule has 1 aromatic heterocycles. The second kappa shape index (κ2) is 7.43. The number of aryl methyl sites for hydroxylation is 1. The fraction of sp³-hybridized carbons (Fsp3) is 0.500. The Hall–Kier alpha value is -2.43. The molecule has 1 amide bonds. The van der Waals surface area contributed by atoms with E-state index in [0.717, 1.165) is 51.9 Å². The standard InChI is InChI=1S/C24H28FN3O/c25-21-13-26-12-10-22(21)27-14-20-15-28(23(29)19-7-4-8-19)17-24(20,16-27)11-9-18-5-2-1-3-6-18/h1-3,5-6,10,12-13,19-20H,4,7-9,11,14-17H2. The molecule has 2 aliphatic heterocycles. The zero-order valence-electron chi connectivity index (χ0n) is 16.8. The molecule has 1 aliphatic carbocycles. The third-order valence-electron chi connectivity index (χ3n) is 7.37. The van der Waals surface area contributed by atoms with Gasteiger partial charge in [-0.15, -0.1) is 0 Å². The van der Waals surface area contributed by atoms with Crippen molar-refractivity contribution in [3.05, 3.63) is 60.2 Å². The number of aromatic nitrogens is 1. The van der Waals surface area contributed by atoms with Gasteiger partial charge in [0, 0.05) is 49.6 Å². The molecule has 0 bridgehead atoms. The highest BCUT2D eigenvalue weighted by atomic mass is 19.1. The van der Waals surface area contributed by atoms with Crippen molar-refractivity contribution in [1.29, 1.82) is 0 Å². The van der Waals surface area contributed by atoms with Gasteiger partial charge in [0.1, 0.15) is 0 Å². The van der Waals surface area contributed by atoms with E-state index in [2.05, 4.69) is 39.0 Å². The molecule has 0 radical (unpaired) electrons. The van der Waals surface area contributed by atoms with Crippen LogP contribution in [0.1, 0.15) is 31.2 Å². The predicted octanol–water partition coefficient (Wildman–Crippen LogP) is 3.92. The van der Waals surface area contributed by atoms with E-state index < -0.39 is 0 Å². The summed E-state index contributed by atoms with van der Waals surface area (Å²) in [6, 6.07) is 12.3. The number of pyridine rings is 1. The Morgan fingerprint density at radius 2 is 1.97 bits per heavy atom. The van der Waals surface area contributed by atoms with Crippen molar-refractivity contribution in [3.63, 3.8) is 0 Å². The number of carbonyl (C=O) groups is 1. The maximum absolute atomic E-state index is 14.4. The van der Waals surface area contributed by atoms with E-state index >= 15 is 0 Å². The lowest BCUT2D eigenvalue weighted by Crippen LogP contribution is -2.41. The molecule has 2 saturated heterocycles. The number of hydrogen-bond acceptors (Lipinski definition) is 3. The monoisotopic (exact) mass is 393 g/mol. The number of amides is 1. The van der Waals surface area contributed by atoms with Crippen LogP contribution in [0.2, 0.25) is 0 Å². The lowest BCUT2D eigenvalue weighted by Gasteiger charge is -2.33. The molecule has 3 fully saturated rings. The molecule has 1 aromatic carbocycles. The van der Waals surface area contributed by atoms with Gasteiger partial charge in [-0.1, -0.05) is 36.8 Å². The van der Waals surface area contributed by atoms with Crippen molar-refractivity contribution in [3.8, 4) is 0 Å². The first kappa shape index (κ1) is 18.6. The minimum absolute atomic E-state index is 0.0327. The van der Waals surface area contributed by atoms with Crippen LogP contribution in [-0.4, -0.2) is 42.0 Å². The van der Waals surface area contributed by atoms with Crippen molar-refractivity contribution >= 4 is 11.6 Å². The van der Waals surface area contributed by atoms with Crippen LogP contribution in [0.3, 0.4) is 0 Å². The molecule has 3 aliphatic rings. The van der Waals surface area contributed by atoms with Gasteiger partial charge in [-0.05, 0) is 37.3 Å². The number of hydrogen-bond donors (Lipinski definition) is 0. The Morgan fingerprint density at radius 3 is 2.69 bits per heavy atom. The number of fused-ring (bicyclic) bond motifs is 1. The second-order valence-corrected chi connectivity index (χ2v) is 9.10. The summed E-state index contributed by atoms with van der Waals surface area (Å²) in [5, 5.41) is 0. The van der Waals surface area contributed by atoms with E-state index in [1.807, 2.05) is 6.07 Å². The largest absolute Gasteiger partial charge is 0.368 e. The summed E-state index contributed by atoms with van der Waals surface area (Å²) in [7, 11) is 0. The number of rotatable bonds is 5. The van der Waals surface area contributed by atoms with Crippen molar-refractivity contribution in [2.45, 2.75) is 32.1 Å². The lowest BCUT2D eigenvalue weighted by molar-refractivity contribution is -0.137. The number of nitrogens with zero attached hydrogens (tertiary/aromatic N) is 3. The molecule has 5 rings (SSSR count). The highest BCUT2D eigenvalue weighted by molar-refractivity contribution is 5.80. The molecular formula is C24H28FN3O. The van der Waals surface area contributed by atoms with Crippen molar-refractivity contribution in [1.82, 2.24) is 9.88 Å². The number of halogens is 1. The first-order valence-corrected chi connectivity index (χ1v) is 10.8. The molecule has 29 heavy (non-hydrogen) atoms. The fourth-order valence-electron chi connectivity index (χ4n) is 5.46. The van der Waals surface area contributed by atoms with Crippen LogP contribution < -0.4 is 4.90 Å². The molecule has 152 valence electrons. The molecular weight excluding hydrogens is 365 g/mol. The molecule has 4 nitrogen and oxygen atoms in total. The minimum atomic E-state index is -0.256. The average molecular weight is 394 g/mol. The third kappa shape index (κ3) is 3.41. The van der Waals surface area contributed by atoms with Crippen molar-refractivity contribution in [2.75, 3.05) is 31.1 Å². The summed E-state index contributed by atoms with van der Waals surface area (Å²) in [5.74, 6) is 0.732. The third-order valence-corrected chi connectivity index (χ3v) is 7.37. The topological polar surface area (TPSA) is 36.4 Å². The summed E-state index contributed by atoms with van der Waals surface area (Å²) in [6.07, 6.45) is 8.26. The fourth-order valence-corrected chi connectivity index (χ4v) is 5.46. The van der Waals surface area contributed by atoms with Gasteiger partial charge in [0.2, 0.25) is 5.91 Å². The number of benzene rings is 1. The van der Waals surface area contributed by atoms with E-state index in [9.17, 15) is 9.18 Å². The number of anilines is 1. The van der Waals surface area contributed by atoms with Gasteiger partial charge in [0.15, 0.2) is 5.82 Å². The molecule has 3 heterocycles. The lowest BCUT2D eigenvalue weighted by atomic mass is 9.76. The first-order valence-electron chi connectivity index (χ1n) is 10.8. The second-order valence-electron chi connectivity index (χ2n) is 9.10. The Balaban J connectivity index is 1.37. The smallest absolute Gasteiger partial charge is 0.225 e. The van der Waals surface area contributed by atoms with Gasteiger partial charge in [-0.2, -0.15) is 0 Å². The van der Waals surface area contributed by atoms with Crippen LogP contribution >= 0.6 is 0 Å². The van der Waals surface area contributed by atoms with Gasteiger partial charge in [-0.25, -0.2) is 4.39 Å². The zero-order valence-corrected chi connectivity index (χ0v) is 16.8. The highest BCUT2D eigenvalue weighted by Crippen LogP contribution is 2.48. The van der Waals surface area contributed by atoms with Crippen LogP contribution in [0, 0.1) is 23.1 Å².